The maximum absolute atomic E-state index is 11.6. The van der Waals surface area contributed by atoms with Gasteiger partial charge in [0.15, 0.2) is 0 Å². The van der Waals surface area contributed by atoms with Crippen LogP contribution < -0.4 is 0 Å². The maximum atomic E-state index is 11.6. The fourth-order valence-corrected chi connectivity index (χ4v) is 3.06. The number of hydrogen-bond acceptors (Lipinski definition) is 3. The quantitative estimate of drug-likeness (QED) is 0.147. The number of unbranched alkanes of at least 4 members (excludes halogenated alkanes) is 13. The molecule has 0 heterocycles. The minimum absolute atomic E-state index is 0.184. The number of allylic oxidation sites excluding steroid dienone is 2. The Labute approximate surface area is 169 Å². The predicted octanol–water partition coefficient (Wildman–Crippen LogP) is 7.12. The van der Waals surface area contributed by atoms with Gasteiger partial charge in [-0.15, -0.1) is 0 Å². The summed E-state index contributed by atoms with van der Waals surface area (Å²) in [6, 6.07) is 0. The van der Waals surface area contributed by atoms with Gasteiger partial charge in [-0.2, -0.15) is 0 Å². The lowest BCUT2D eigenvalue weighted by Crippen LogP contribution is -2.25. The molecule has 0 radical (unpaired) electrons. The maximum Gasteiger partial charge on any atom is 0.306 e. The van der Waals surface area contributed by atoms with E-state index >= 15 is 0 Å². The smallest absolute Gasteiger partial charge is 0.306 e. The fraction of sp³-hybridized carbons (Fsp3) is 0.875. The van der Waals surface area contributed by atoms with Crippen molar-refractivity contribution in [2.24, 2.45) is 0 Å². The van der Waals surface area contributed by atoms with Crippen molar-refractivity contribution in [1.82, 2.24) is 0 Å². The number of carbonyl (C=O) groups is 1. The molecule has 0 aliphatic rings. The Morgan fingerprint density at radius 2 is 1.22 bits per heavy atom. The van der Waals surface area contributed by atoms with Gasteiger partial charge in [-0.3, -0.25) is 4.79 Å². The molecular weight excluding hydrogens is 336 g/mol. The molecule has 160 valence electrons. The van der Waals surface area contributed by atoms with Gasteiger partial charge in [-0.05, 0) is 46.0 Å². The molecule has 2 atom stereocenters. The Morgan fingerprint density at radius 3 is 1.70 bits per heavy atom. The lowest BCUT2D eigenvalue weighted by Gasteiger charge is -2.15. The van der Waals surface area contributed by atoms with Crippen LogP contribution in [-0.4, -0.2) is 23.3 Å². The van der Waals surface area contributed by atoms with Crippen LogP contribution in [0.4, 0.5) is 0 Å². The molecule has 0 spiro atoms. The fourth-order valence-electron chi connectivity index (χ4n) is 3.06. The molecule has 0 amide bonds. The Balaban J connectivity index is 3.24. The van der Waals surface area contributed by atoms with Gasteiger partial charge in [0.05, 0.1) is 6.10 Å². The molecule has 3 nitrogen and oxygen atoms in total. The molecule has 0 aromatic heterocycles. The standard InChI is InChI=1S/C24H46O3/c1-4-5-6-7-8-9-10-11-12-13-14-15-16-17-18-19-20-21-24(26)27-23(3)22(2)25/h11-12,22-23,25H,4-10,13-21H2,1-3H3/t22-,23-/m1/s1. The lowest BCUT2D eigenvalue weighted by atomic mass is 10.1. The first-order valence-corrected chi connectivity index (χ1v) is 11.6. The Kier molecular flexibility index (Phi) is 19.3. The first-order valence-electron chi connectivity index (χ1n) is 11.6. The molecule has 0 saturated heterocycles. The highest BCUT2D eigenvalue weighted by Crippen LogP contribution is 2.12. The van der Waals surface area contributed by atoms with Crippen LogP contribution in [0.25, 0.3) is 0 Å². The molecule has 0 fully saturated rings. The zero-order valence-electron chi connectivity index (χ0n) is 18.4. The molecule has 3 heteroatoms. The normalized spacial score (nSPS) is 13.8. The number of rotatable bonds is 19. The van der Waals surface area contributed by atoms with E-state index in [1.54, 1.807) is 13.8 Å². The van der Waals surface area contributed by atoms with E-state index in [9.17, 15) is 9.90 Å². The van der Waals surface area contributed by atoms with Crippen molar-refractivity contribution in [3.63, 3.8) is 0 Å². The second-order valence-electron chi connectivity index (χ2n) is 7.98. The van der Waals surface area contributed by atoms with Crippen LogP contribution in [0.1, 0.15) is 124 Å². The second kappa shape index (κ2) is 19.9. The van der Waals surface area contributed by atoms with Crippen molar-refractivity contribution in [2.45, 2.75) is 136 Å². The number of hydrogen-bond donors (Lipinski definition) is 1. The van der Waals surface area contributed by atoms with Crippen LogP contribution >= 0.6 is 0 Å². The van der Waals surface area contributed by atoms with E-state index in [1.807, 2.05) is 0 Å². The average molecular weight is 383 g/mol. The van der Waals surface area contributed by atoms with Gasteiger partial charge in [0, 0.05) is 6.42 Å². The third-order valence-corrected chi connectivity index (χ3v) is 5.14. The summed E-state index contributed by atoms with van der Waals surface area (Å²) in [4.78, 5) is 11.6. The van der Waals surface area contributed by atoms with Crippen molar-refractivity contribution in [2.75, 3.05) is 0 Å². The van der Waals surface area contributed by atoms with Gasteiger partial charge < -0.3 is 9.84 Å². The van der Waals surface area contributed by atoms with E-state index in [0.717, 1.165) is 12.8 Å². The molecule has 0 rings (SSSR count). The molecule has 1 N–H and O–H groups in total. The van der Waals surface area contributed by atoms with Crippen LogP contribution in [0.15, 0.2) is 12.2 Å². The van der Waals surface area contributed by atoms with Gasteiger partial charge in [0.1, 0.15) is 6.10 Å². The molecule has 0 saturated carbocycles. The highest BCUT2D eigenvalue weighted by Gasteiger charge is 2.13. The van der Waals surface area contributed by atoms with Crippen molar-refractivity contribution < 1.29 is 14.6 Å². The number of carbonyl (C=O) groups excluding carboxylic acids is 1. The second-order valence-corrected chi connectivity index (χ2v) is 7.98. The van der Waals surface area contributed by atoms with Crippen molar-refractivity contribution in [3.8, 4) is 0 Å². The first kappa shape index (κ1) is 26.2. The highest BCUT2D eigenvalue weighted by molar-refractivity contribution is 5.69. The van der Waals surface area contributed by atoms with E-state index in [2.05, 4.69) is 19.1 Å². The molecule has 0 unspecified atom stereocenters. The summed E-state index contributed by atoms with van der Waals surface area (Å²) in [7, 11) is 0. The van der Waals surface area contributed by atoms with Crippen LogP contribution in [0.3, 0.4) is 0 Å². The summed E-state index contributed by atoms with van der Waals surface area (Å²) in [5.41, 5.74) is 0. The first-order chi connectivity index (χ1) is 13.1. The summed E-state index contributed by atoms with van der Waals surface area (Å²) in [6.07, 6.45) is 23.3. The van der Waals surface area contributed by atoms with E-state index in [-0.39, 0.29) is 5.97 Å². The van der Waals surface area contributed by atoms with E-state index in [4.69, 9.17) is 4.74 Å². The van der Waals surface area contributed by atoms with Gasteiger partial charge in [-0.1, -0.05) is 83.3 Å². The molecule has 0 aromatic rings. The monoisotopic (exact) mass is 382 g/mol. The van der Waals surface area contributed by atoms with E-state index in [0.29, 0.717) is 6.42 Å². The Morgan fingerprint density at radius 1 is 0.778 bits per heavy atom. The SMILES string of the molecule is CCCCCCCCC=CCCCCCCCCCC(=O)O[C@H](C)[C@@H](C)O. The Bertz CT molecular complexity index is 350. The van der Waals surface area contributed by atoms with Crippen molar-refractivity contribution >= 4 is 5.97 Å². The Hall–Kier alpha value is -0.830. The van der Waals surface area contributed by atoms with Crippen LogP contribution in [-0.2, 0) is 9.53 Å². The zero-order valence-corrected chi connectivity index (χ0v) is 18.4. The van der Waals surface area contributed by atoms with Crippen LogP contribution in [0.2, 0.25) is 0 Å². The number of esters is 1. The summed E-state index contributed by atoms with van der Waals surface area (Å²) < 4.78 is 5.15. The van der Waals surface area contributed by atoms with Gasteiger partial charge in [-0.25, -0.2) is 0 Å². The summed E-state index contributed by atoms with van der Waals surface area (Å²) >= 11 is 0. The number of aliphatic hydroxyl groups excluding tert-OH is 1. The minimum Gasteiger partial charge on any atom is -0.460 e. The van der Waals surface area contributed by atoms with E-state index in [1.165, 1.54) is 83.5 Å². The largest absolute Gasteiger partial charge is 0.460 e. The van der Waals surface area contributed by atoms with Gasteiger partial charge >= 0.3 is 5.97 Å². The lowest BCUT2D eigenvalue weighted by molar-refractivity contribution is -0.153. The topological polar surface area (TPSA) is 46.5 Å². The molecule has 0 aromatic carbocycles. The molecule has 27 heavy (non-hydrogen) atoms. The molecular formula is C24H46O3. The zero-order chi connectivity index (χ0) is 20.2. The van der Waals surface area contributed by atoms with Crippen molar-refractivity contribution in [3.05, 3.63) is 12.2 Å². The summed E-state index contributed by atoms with van der Waals surface area (Å²) in [5.74, 6) is -0.184. The van der Waals surface area contributed by atoms with E-state index < -0.39 is 12.2 Å². The minimum atomic E-state index is -0.598. The summed E-state index contributed by atoms with van der Waals surface area (Å²) in [5, 5.41) is 9.31. The van der Waals surface area contributed by atoms with Crippen molar-refractivity contribution in [1.29, 1.82) is 0 Å². The van der Waals surface area contributed by atoms with Gasteiger partial charge in [0.25, 0.3) is 0 Å². The summed E-state index contributed by atoms with van der Waals surface area (Å²) in [6.45, 7) is 5.64. The number of aliphatic hydroxyl groups is 1. The predicted molar refractivity (Wildman–Crippen MR) is 116 cm³/mol. The highest BCUT2D eigenvalue weighted by atomic mass is 16.6. The molecule has 0 aliphatic heterocycles. The molecule has 0 bridgehead atoms. The van der Waals surface area contributed by atoms with Gasteiger partial charge in [0.2, 0.25) is 0 Å². The average Bonchev–Trinajstić information content (AvgIpc) is 2.64. The van der Waals surface area contributed by atoms with Crippen LogP contribution in [0, 0.1) is 0 Å². The molecule has 0 aliphatic carbocycles. The third kappa shape index (κ3) is 19.7. The number of ether oxygens (including phenoxy) is 1. The van der Waals surface area contributed by atoms with Crippen LogP contribution in [0.5, 0.6) is 0 Å². The third-order valence-electron chi connectivity index (χ3n) is 5.14.